The number of carbonyl (C=O) groups excluding carboxylic acids is 1. The Balaban J connectivity index is 1.54. The SMILES string of the molecule is C[C@H](Sc1nnc(C2CC2)s1)C(=O)NC1CC1. The summed E-state index contributed by atoms with van der Waals surface area (Å²) >= 11 is 3.16. The summed E-state index contributed by atoms with van der Waals surface area (Å²) in [5.74, 6) is 0.776. The van der Waals surface area contributed by atoms with Crippen LogP contribution in [0.3, 0.4) is 0 Å². The average Bonchev–Trinajstić information content (AvgIpc) is 3.21. The largest absolute Gasteiger partial charge is 0.352 e. The van der Waals surface area contributed by atoms with Crippen LogP contribution in [0.15, 0.2) is 4.34 Å². The number of nitrogens with one attached hydrogen (secondary N) is 1. The molecule has 2 saturated carbocycles. The molecular weight excluding hydrogens is 254 g/mol. The van der Waals surface area contributed by atoms with Crippen molar-refractivity contribution in [3.8, 4) is 0 Å². The molecule has 2 fully saturated rings. The van der Waals surface area contributed by atoms with Gasteiger partial charge in [-0.1, -0.05) is 23.1 Å². The smallest absolute Gasteiger partial charge is 0.233 e. The van der Waals surface area contributed by atoms with E-state index in [1.54, 1.807) is 11.3 Å². The number of rotatable bonds is 5. The highest BCUT2D eigenvalue weighted by Gasteiger charge is 2.29. The van der Waals surface area contributed by atoms with E-state index in [4.69, 9.17) is 0 Å². The van der Waals surface area contributed by atoms with Gasteiger partial charge in [0.25, 0.3) is 0 Å². The van der Waals surface area contributed by atoms with Crippen molar-refractivity contribution in [2.75, 3.05) is 0 Å². The maximum Gasteiger partial charge on any atom is 0.233 e. The predicted octanol–water partition coefficient (Wildman–Crippen LogP) is 2.17. The molecule has 0 bridgehead atoms. The second-order valence-electron chi connectivity index (χ2n) is 4.72. The van der Waals surface area contributed by atoms with Gasteiger partial charge >= 0.3 is 0 Å². The minimum absolute atomic E-state index is 0.0735. The second-order valence-corrected chi connectivity index (χ2v) is 7.32. The van der Waals surface area contributed by atoms with Gasteiger partial charge in [-0.05, 0) is 32.6 Å². The van der Waals surface area contributed by atoms with E-state index in [2.05, 4.69) is 15.5 Å². The minimum Gasteiger partial charge on any atom is -0.352 e. The quantitative estimate of drug-likeness (QED) is 0.832. The molecule has 0 aromatic carbocycles. The van der Waals surface area contributed by atoms with Crippen LogP contribution in [0, 0.1) is 0 Å². The van der Waals surface area contributed by atoms with Crippen LogP contribution in [0.2, 0.25) is 0 Å². The van der Waals surface area contributed by atoms with Crippen LogP contribution in [0.1, 0.15) is 43.5 Å². The lowest BCUT2D eigenvalue weighted by Gasteiger charge is -2.08. The van der Waals surface area contributed by atoms with Gasteiger partial charge in [0.05, 0.1) is 5.25 Å². The van der Waals surface area contributed by atoms with E-state index in [0.29, 0.717) is 12.0 Å². The van der Waals surface area contributed by atoms with E-state index in [1.165, 1.54) is 24.6 Å². The summed E-state index contributed by atoms with van der Waals surface area (Å²) in [7, 11) is 0. The van der Waals surface area contributed by atoms with Crippen LogP contribution in [0.5, 0.6) is 0 Å². The first-order chi connectivity index (χ1) is 8.22. The lowest BCUT2D eigenvalue weighted by Crippen LogP contribution is -2.32. The van der Waals surface area contributed by atoms with Gasteiger partial charge in [0.2, 0.25) is 5.91 Å². The molecule has 1 amide bonds. The summed E-state index contributed by atoms with van der Waals surface area (Å²) < 4.78 is 0.922. The van der Waals surface area contributed by atoms with E-state index in [-0.39, 0.29) is 11.2 Å². The molecule has 0 unspecified atom stereocenters. The third-order valence-electron chi connectivity index (χ3n) is 2.92. The van der Waals surface area contributed by atoms with Crippen LogP contribution < -0.4 is 5.32 Å². The van der Waals surface area contributed by atoms with Gasteiger partial charge in [-0.25, -0.2) is 0 Å². The van der Waals surface area contributed by atoms with E-state index >= 15 is 0 Å². The summed E-state index contributed by atoms with van der Waals surface area (Å²) in [6, 6.07) is 0.432. The van der Waals surface area contributed by atoms with Crippen LogP contribution in [-0.4, -0.2) is 27.4 Å². The molecule has 1 N–H and O–H groups in total. The fourth-order valence-electron chi connectivity index (χ4n) is 1.51. The number of hydrogen-bond acceptors (Lipinski definition) is 5. The molecule has 2 aliphatic carbocycles. The first kappa shape index (κ1) is 11.5. The van der Waals surface area contributed by atoms with Crippen LogP contribution >= 0.6 is 23.1 Å². The summed E-state index contributed by atoms with van der Waals surface area (Å²) in [6.45, 7) is 1.93. The molecule has 1 atom stereocenters. The number of amides is 1. The lowest BCUT2D eigenvalue weighted by atomic mass is 10.4. The molecular formula is C11H15N3OS2. The highest BCUT2D eigenvalue weighted by Crippen LogP contribution is 2.42. The Hall–Kier alpha value is -0.620. The summed E-state index contributed by atoms with van der Waals surface area (Å²) in [4.78, 5) is 11.8. The van der Waals surface area contributed by atoms with E-state index < -0.39 is 0 Å². The first-order valence-corrected chi connectivity index (χ1v) is 7.72. The van der Waals surface area contributed by atoms with Crippen LogP contribution in [-0.2, 0) is 4.79 Å². The molecule has 1 aromatic rings. The van der Waals surface area contributed by atoms with Gasteiger partial charge in [0.15, 0.2) is 4.34 Å². The normalized spacial score (nSPS) is 21.2. The molecule has 1 heterocycles. The lowest BCUT2D eigenvalue weighted by molar-refractivity contribution is -0.120. The van der Waals surface area contributed by atoms with Gasteiger partial charge < -0.3 is 5.32 Å². The summed E-state index contributed by atoms with van der Waals surface area (Å²) in [5, 5.41) is 12.4. The standard InChI is InChI=1S/C11H15N3OS2/c1-6(9(15)12-8-4-5-8)16-11-14-13-10(17-11)7-2-3-7/h6-8H,2-5H2,1H3,(H,12,15)/t6-/m0/s1. The Morgan fingerprint density at radius 3 is 2.82 bits per heavy atom. The fourth-order valence-corrected chi connectivity index (χ4v) is 3.71. The molecule has 92 valence electrons. The van der Waals surface area contributed by atoms with Gasteiger partial charge in [0.1, 0.15) is 5.01 Å². The van der Waals surface area contributed by atoms with Gasteiger partial charge in [-0.3, -0.25) is 4.79 Å². The van der Waals surface area contributed by atoms with Crippen LogP contribution in [0.25, 0.3) is 0 Å². The van der Waals surface area contributed by atoms with Crippen LogP contribution in [0.4, 0.5) is 0 Å². The van der Waals surface area contributed by atoms with Crippen molar-refractivity contribution < 1.29 is 4.79 Å². The Bertz CT molecular complexity index is 426. The van der Waals surface area contributed by atoms with Crippen molar-refractivity contribution in [3.63, 3.8) is 0 Å². The van der Waals surface area contributed by atoms with Crippen molar-refractivity contribution in [1.29, 1.82) is 0 Å². The zero-order valence-electron chi connectivity index (χ0n) is 9.68. The molecule has 2 aliphatic rings. The predicted molar refractivity (Wildman–Crippen MR) is 68.4 cm³/mol. The number of hydrogen-bond donors (Lipinski definition) is 1. The maximum absolute atomic E-state index is 11.8. The maximum atomic E-state index is 11.8. The Morgan fingerprint density at radius 2 is 2.18 bits per heavy atom. The fraction of sp³-hybridized carbons (Fsp3) is 0.727. The van der Waals surface area contributed by atoms with Gasteiger partial charge in [-0.15, -0.1) is 10.2 Å². The Kier molecular flexibility index (Phi) is 3.08. The Labute approximate surface area is 109 Å². The van der Waals surface area contributed by atoms with Crippen molar-refractivity contribution in [3.05, 3.63) is 5.01 Å². The molecule has 1 aromatic heterocycles. The average molecular weight is 269 g/mol. The highest BCUT2D eigenvalue weighted by molar-refractivity contribution is 8.02. The van der Waals surface area contributed by atoms with Gasteiger partial charge in [0, 0.05) is 12.0 Å². The minimum atomic E-state index is -0.0735. The Morgan fingerprint density at radius 1 is 1.41 bits per heavy atom. The van der Waals surface area contributed by atoms with Crippen molar-refractivity contribution in [1.82, 2.24) is 15.5 Å². The van der Waals surface area contributed by atoms with E-state index in [0.717, 1.165) is 22.2 Å². The zero-order valence-corrected chi connectivity index (χ0v) is 11.3. The molecule has 17 heavy (non-hydrogen) atoms. The van der Waals surface area contributed by atoms with E-state index in [9.17, 15) is 4.79 Å². The number of carbonyl (C=O) groups is 1. The molecule has 0 radical (unpaired) electrons. The van der Waals surface area contributed by atoms with E-state index in [1.807, 2.05) is 6.92 Å². The molecule has 4 nitrogen and oxygen atoms in total. The first-order valence-electron chi connectivity index (χ1n) is 6.03. The topological polar surface area (TPSA) is 54.9 Å². The number of aromatic nitrogens is 2. The second kappa shape index (κ2) is 4.57. The monoisotopic (exact) mass is 269 g/mol. The highest BCUT2D eigenvalue weighted by atomic mass is 32.2. The molecule has 0 saturated heterocycles. The van der Waals surface area contributed by atoms with Crippen molar-refractivity contribution in [2.24, 2.45) is 0 Å². The summed E-state index contributed by atoms with van der Waals surface area (Å²) in [6.07, 6.45) is 4.76. The van der Waals surface area contributed by atoms with Crippen molar-refractivity contribution in [2.45, 2.75) is 54.2 Å². The zero-order chi connectivity index (χ0) is 11.8. The molecule has 6 heteroatoms. The number of nitrogens with zero attached hydrogens (tertiary/aromatic N) is 2. The third-order valence-corrected chi connectivity index (χ3v) is 5.19. The molecule has 0 aliphatic heterocycles. The number of thioether (sulfide) groups is 1. The molecule has 3 rings (SSSR count). The molecule has 0 spiro atoms. The third kappa shape index (κ3) is 2.98. The van der Waals surface area contributed by atoms with Gasteiger partial charge in [-0.2, -0.15) is 0 Å². The van der Waals surface area contributed by atoms with Crippen molar-refractivity contribution >= 4 is 29.0 Å². The summed E-state index contributed by atoms with van der Waals surface area (Å²) in [5.41, 5.74) is 0.